The van der Waals surface area contributed by atoms with Crippen molar-refractivity contribution in [2.24, 2.45) is 7.05 Å². The van der Waals surface area contributed by atoms with E-state index in [1.165, 1.54) is 9.99 Å². The van der Waals surface area contributed by atoms with Crippen molar-refractivity contribution in [3.8, 4) is 22.5 Å². The molecule has 4 aromatic rings. The standard InChI is InChI=1S/C30H37N5O2S/c1-21(2)34-15-17-35(18-16-34)25-11-7-23(8-12-25)28-20-30-27(22(3)31-28)19-29(33(30)6)24-9-13-26(14-10-24)38(36,37)32(4)5/h7-14,19-21H,15-18H2,1-6H3. The third-order valence-electron chi connectivity index (χ3n) is 7.73. The molecule has 0 unspecified atom stereocenters. The summed E-state index contributed by atoms with van der Waals surface area (Å²) in [6.45, 7) is 10.9. The minimum Gasteiger partial charge on any atom is -0.369 e. The van der Waals surface area contributed by atoms with E-state index in [1.807, 2.05) is 26.1 Å². The number of hydrogen-bond donors (Lipinski definition) is 0. The van der Waals surface area contributed by atoms with Gasteiger partial charge in [-0.1, -0.05) is 24.3 Å². The topological polar surface area (TPSA) is 61.7 Å². The lowest BCUT2D eigenvalue weighted by molar-refractivity contribution is 0.209. The fourth-order valence-electron chi connectivity index (χ4n) is 5.26. The van der Waals surface area contributed by atoms with Crippen LogP contribution in [0.2, 0.25) is 0 Å². The molecule has 0 atom stereocenters. The minimum atomic E-state index is -3.46. The van der Waals surface area contributed by atoms with Crippen LogP contribution in [0.3, 0.4) is 0 Å². The molecular weight excluding hydrogens is 494 g/mol. The quantitative estimate of drug-likeness (QED) is 0.351. The molecule has 38 heavy (non-hydrogen) atoms. The summed E-state index contributed by atoms with van der Waals surface area (Å²) in [5, 5.41) is 1.09. The second kappa shape index (κ2) is 10.2. The zero-order chi connectivity index (χ0) is 27.2. The average Bonchev–Trinajstić information content (AvgIpc) is 3.25. The fourth-order valence-corrected chi connectivity index (χ4v) is 6.16. The largest absolute Gasteiger partial charge is 0.369 e. The number of anilines is 1. The molecule has 7 nitrogen and oxygen atoms in total. The number of aryl methyl sites for hydroxylation is 2. The fraction of sp³-hybridized carbons (Fsp3) is 0.367. The third-order valence-corrected chi connectivity index (χ3v) is 9.56. The molecule has 0 spiro atoms. The van der Waals surface area contributed by atoms with E-state index in [1.54, 1.807) is 26.2 Å². The van der Waals surface area contributed by atoms with Gasteiger partial charge in [-0.05, 0) is 62.7 Å². The van der Waals surface area contributed by atoms with Crippen LogP contribution in [0.1, 0.15) is 19.5 Å². The number of fused-ring (bicyclic) bond motifs is 1. The number of sulfonamides is 1. The lowest BCUT2D eigenvalue weighted by Gasteiger charge is -2.38. The third kappa shape index (κ3) is 4.84. The van der Waals surface area contributed by atoms with Crippen LogP contribution in [0.5, 0.6) is 0 Å². The lowest BCUT2D eigenvalue weighted by Crippen LogP contribution is -2.48. The molecule has 1 aliphatic rings. The number of piperazine rings is 1. The van der Waals surface area contributed by atoms with Crippen LogP contribution in [0, 0.1) is 6.92 Å². The first-order valence-electron chi connectivity index (χ1n) is 13.2. The molecule has 0 radical (unpaired) electrons. The molecule has 0 amide bonds. The minimum absolute atomic E-state index is 0.287. The highest BCUT2D eigenvalue weighted by Gasteiger charge is 2.20. The van der Waals surface area contributed by atoms with Crippen LogP contribution in [0.25, 0.3) is 33.4 Å². The number of benzene rings is 2. The van der Waals surface area contributed by atoms with Crippen molar-refractivity contribution < 1.29 is 8.42 Å². The summed E-state index contributed by atoms with van der Waals surface area (Å²) in [7, 11) is 1.68. The predicted octanol–water partition coefficient (Wildman–Crippen LogP) is 5.00. The van der Waals surface area contributed by atoms with E-state index in [4.69, 9.17) is 4.98 Å². The van der Waals surface area contributed by atoms with Gasteiger partial charge < -0.3 is 9.47 Å². The van der Waals surface area contributed by atoms with Gasteiger partial charge in [0.2, 0.25) is 10.0 Å². The highest BCUT2D eigenvalue weighted by Crippen LogP contribution is 2.32. The van der Waals surface area contributed by atoms with Gasteiger partial charge in [0.05, 0.1) is 16.1 Å². The van der Waals surface area contributed by atoms with E-state index in [9.17, 15) is 8.42 Å². The molecule has 0 N–H and O–H groups in total. The maximum absolute atomic E-state index is 12.5. The Hall–Kier alpha value is -3.20. The van der Waals surface area contributed by atoms with Gasteiger partial charge in [-0.3, -0.25) is 9.88 Å². The van der Waals surface area contributed by atoms with Crippen molar-refractivity contribution in [3.63, 3.8) is 0 Å². The van der Waals surface area contributed by atoms with Crippen LogP contribution in [0.15, 0.2) is 65.6 Å². The average molecular weight is 532 g/mol. The maximum Gasteiger partial charge on any atom is 0.242 e. The van der Waals surface area contributed by atoms with Crippen molar-refractivity contribution in [1.82, 2.24) is 18.8 Å². The highest BCUT2D eigenvalue weighted by atomic mass is 32.2. The van der Waals surface area contributed by atoms with E-state index in [2.05, 4.69) is 64.6 Å². The summed E-state index contributed by atoms with van der Waals surface area (Å²) < 4.78 is 28.3. The molecule has 200 valence electrons. The molecule has 0 bridgehead atoms. The highest BCUT2D eigenvalue weighted by molar-refractivity contribution is 7.89. The van der Waals surface area contributed by atoms with Crippen LogP contribution in [0.4, 0.5) is 5.69 Å². The number of rotatable bonds is 6. The first-order chi connectivity index (χ1) is 18.1. The monoisotopic (exact) mass is 531 g/mol. The Morgan fingerprint density at radius 1 is 0.868 bits per heavy atom. The summed E-state index contributed by atoms with van der Waals surface area (Å²) in [6, 6.07) is 20.7. The van der Waals surface area contributed by atoms with Gasteiger partial charge in [0.1, 0.15) is 0 Å². The van der Waals surface area contributed by atoms with Crippen LogP contribution in [-0.4, -0.2) is 73.5 Å². The van der Waals surface area contributed by atoms with E-state index >= 15 is 0 Å². The van der Waals surface area contributed by atoms with Crippen molar-refractivity contribution >= 4 is 26.6 Å². The molecular formula is C30H37N5O2S. The van der Waals surface area contributed by atoms with Crippen molar-refractivity contribution in [2.45, 2.75) is 31.7 Å². The van der Waals surface area contributed by atoms with Crippen molar-refractivity contribution in [1.29, 1.82) is 0 Å². The van der Waals surface area contributed by atoms with Crippen molar-refractivity contribution in [3.05, 3.63) is 66.4 Å². The summed E-state index contributed by atoms with van der Waals surface area (Å²) in [5.41, 5.74) is 7.36. The number of pyridine rings is 1. The Morgan fingerprint density at radius 2 is 1.47 bits per heavy atom. The van der Waals surface area contributed by atoms with Crippen molar-refractivity contribution in [2.75, 3.05) is 45.2 Å². The molecule has 0 aliphatic carbocycles. The SMILES string of the molecule is Cc1nc(-c2ccc(N3CCN(C(C)C)CC3)cc2)cc2c1cc(-c1ccc(S(=O)(=O)N(C)C)cc1)n2C. The Balaban J connectivity index is 1.42. The first-order valence-corrected chi connectivity index (χ1v) is 14.6. The molecule has 1 aliphatic heterocycles. The molecule has 5 rings (SSSR count). The zero-order valence-corrected chi connectivity index (χ0v) is 24.0. The predicted molar refractivity (Wildman–Crippen MR) is 156 cm³/mol. The normalized spacial score (nSPS) is 15.2. The molecule has 3 heterocycles. The van der Waals surface area contributed by atoms with Crippen LogP contribution in [-0.2, 0) is 17.1 Å². The van der Waals surface area contributed by atoms with Gasteiger partial charge >= 0.3 is 0 Å². The molecule has 2 aromatic carbocycles. The van der Waals surface area contributed by atoms with Gasteiger partial charge in [0, 0.05) is 81.4 Å². The van der Waals surface area contributed by atoms with Crippen LogP contribution < -0.4 is 4.90 Å². The van der Waals surface area contributed by atoms with Crippen LogP contribution >= 0.6 is 0 Å². The summed E-state index contributed by atoms with van der Waals surface area (Å²) in [4.78, 5) is 10.2. The Bertz CT molecular complexity index is 1550. The second-order valence-electron chi connectivity index (χ2n) is 10.6. The van der Waals surface area contributed by atoms with E-state index in [-0.39, 0.29) is 4.90 Å². The smallest absolute Gasteiger partial charge is 0.242 e. The molecule has 2 aromatic heterocycles. The lowest BCUT2D eigenvalue weighted by atomic mass is 10.1. The molecule has 1 saturated heterocycles. The summed E-state index contributed by atoms with van der Waals surface area (Å²) in [6.07, 6.45) is 0. The number of nitrogens with zero attached hydrogens (tertiary/aromatic N) is 5. The maximum atomic E-state index is 12.5. The van der Waals surface area contributed by atoms with Gasteiger partial charge in [0.25, 0.3) is 0 Å². The summed E-state index contributed by atoms with van der Waals surface area (Å²) >= 11 is 0. The molecule has 1 fully saturated rings. The Labute approximate surface area is 226 Å². The van der Waals surface area contributed by atoms with E-state index < -0.39 is 10.0 Å². The molecule has 8 heteroatoms. The summed E-state index contributed by atoms with van der Waals surface area (Å²) in [5.74, 6) is 0. The second-order valence-corrected chi connectivity index (χ2v) is 12.7. The van der Waals surface area contributed by atoms with Gasteiger partial charge in [-0.2, -0.15) is 0 Å². The number of hydrogen-bond acceptors (Lipinski definition) is 5. The zero-order valence-electron chi connectivity index (χ0n) is 23.1. The van der Waals surface area contributed by atoms with E-state index in [0.717, 1.165) is 65.3 Å². The molecule has 0 saturated carbocycles. The van der Waals surface area contributed by atoms with Gasteiger partial charge in [-0.25, -0.2) is 12.7 Å². The van der Waals surface area contributed by atoms with Gasteiger partial charge in [0.15, 0.2) is 0 Å². The Morgan fingerprint density at radius 3 is 2.05 bits per heavy atom. The van der Waals surface area contributed by atoms with Gasteiger partial charge in [-0.15, -0.1) is 0 Å². The Kier molecular flexibility index (Phi) is 7.07. The first kappa shape index (κ1) is 26.4. The number of aromatic nitrogens is 2. The van der Waals surface area contributed by atoms with E-state index in [0.29, 0.717) is 6.04 Å².